The van der Waals surface area contributed by atoms with Gasteiger partial charge in [0, 0.05) is 26.1 Å². The summed E-state index contributed by atoms with van der Waals surface area (Å²) in [5, 5.41) is 5.98. The van der Waals surface area contributed by atoms with Crippen LogP contribution in [-0.4, -0.2) is 32.6 Å². The second-order valence-corrected chi connectivity index (χ2v) is 4.61. The molecule has 1 saturated heterocycles. The van der Waals surface area contributed by atoms with Crippen LogP contribution in [0.4, 0.5) is 11.4 Å². The Morgan fingerprint density at radius 3 is 2.50 bits per heavy atom. The van der Waals surface area contributed by atoms with E-state index in [0.29, 0.717) is 13.0 Å². The van der Waals surface area contributed by atoms with Crippen molar-refractivity contribution in [3.05, 3.63) is 24.3 Å². The fraction of sp³-hybridized carbons (Fsp3) is 0.500. The predicted octanol–water partition coefficient (Wildman–Crippen LogP) is 2.68. The van der Waals surface area contributed by atoms with Crippen LogP contribution in [0.25, 0.3) is 0 Å². The molecule has 0 bridgehead atoms. The predicted molar refractivity (Wildman–Crippen MR) is 89.6 cm³/mol. The van der Waals surface area contributed by atoms with E-state index in [1.807, 2.05) is 25.2 Å². The molecule has 20 heavy (non-hydrogen) atoms. The van der Waals surface area contributed by atoms with Gasteiger partial charge >= 0.3 is 0 Å². The number of carbonyl (C=O) groups is 1. The van der Waals surface area contributed by atoms with Crippen LogP contribution in [0.1, 0.15) is 19.3 Å². The first-order valence-electron chi connectivity index (χ1n) is 6.59. The van der Waals surface area contributed by atoms with Crippen LogP contribution in [0, 0.1) is 0 Å². The highest BCUT2D eigenvalue weighted by atomic mass is 35.5. The van der Waals surface area contributed by atoms with E-state index in [-0.39, 0.29) is 30.7 Å². The zero-order chi connectivity index (χ0) is 12.8. The molecule has 1 aliphatic heterocycles. The molecular formula is C14H23Cl2N3O. The number of anilines is 2. The Bertz CT molecular complexity index is 409. The Labute approximate surface area is 133 Å². The number of nitrogens with zero attached hydrogens (tertiary/aromatic N) is 1. The summed E-state index contributed by atoms with van der Waals surface area (Å²) in [6, 6.07) is 8.05. The molecule has 0 aromatic heterocycles. The quantitative estimate of drug-likeness (QED) is 0.877. The van der Waals surface area contributed by atoms with Crippen molar-refractivity contribution >= 4 is 42.1 Å². The number of carbonyl (C=O) groups excluding carboxylic acids is 1. The molecule has 0 radical (unpaired) electrons. The van der Waals surface area contributed by atoms with Crippen molar-refractivity contribution in [3.8, 4) is 0 Å². The Balaban J connectivity index is 0.00000180. The van der Waals surface area contributed by atoms with Gasteiger partial charge in [-0.15, -0.1) is 24.8 Å². The molecule has 2 N–H and O–H groups in total. The highest BCUT2D eigenvalue weighted by Gasteiger charge is 2.16. The molecule has 0 saturated carbocycles. The molecule has 4 nitrogen and oxygen atoms in total. The van der Waals surface area contributed by atoms with Crippen LogP contribution in [0.15, 0.2) is 24.3 Å². The first-order chi connectivity index (χ1) is 8.81. The zero-order valence-electron chi connectivity index (χ0n) is 11.7. The molecule has 0 spiro atoms. The van der Waals surface area contributed by atoms with E-state index >= 15 is 0 Å². The van der Waals surface area contributed by atoms with Gasteiger partial charge in [0.05, 0.1) is 11.4 Å². The summed E-state index contributed by atoms with van der Waals surface area (Å²) in [6.07, 6.45) is 2.98. The highest BCUT2D eigenvalue weighted by Crippen LogP contribution is 2.28. The van der Waals surface area contributed by atoms with Crippen molar-refractivity contribution in [1.82, 2.24) is 5.32 Å². The molecule has 1 heterocycles. The number of hydrogen-bond acceptors (Lipinski definition) is 3. The number of amides is 1. The second kappa shape index (κ2) is 9.86. The lowest BCUT2D eigenvalue weighted by atomic mass is 10.2. The van der Waals surface area contributed by atoms with Gasteiger partial charge in [-0.05, 0) is 32.0 Å². The molecule has 2 rings (SSSR count). The molecule has 1 aromatic rings. The van der Waals surface area contributed by atoms with Gasteiger partial charge in [0.1, 0.15) is 0 Å². The maximum atomic E-state index is 11.8. The summed E-state index contributed by atoms with van der Waals surface area (Å²) >= 11 is 0. The molecule has 1 aliphatic rings. The van der Waals surface area contributed by atoms with Crippen LogP contribution in [0.2, 0.25) is 0 Å². The van der Waals surface area contributed by atoms with E-state index < -0.39 is 0 Å². The molecule has 0 aliphatic carbocycles. The van der Waals surface area contributed by atoms with Gasteiger partial charge in [-0.3, -0.25) is 4.79 Å². The summed E-state index contributed by atoms with van der Waals surface area (Å²) in [5.41, 5.74) is 2.08. The monoisotopic (exact) mass is 319 g/mol. The Hall–Kier alpha value is -0.970. The van der Waals surface area contributed by atoms with Gasteiger partial charge in [-0.1, -0.05) is 12.1 Å². The fourth-order valence-electron chi connectivity index (χ4n) is 2.26. The summed E-state index contributed by atoms with van der Waals surface area (Å²) in [4.78, 5) is 14.1. The second-order valence-electron chi connectivity index (χ2n) is 4.61. The molecule has 0 atom stereocenters. The molecule has 6 heteroatoms. The van der Waals surface area contributed by atoms with Crippen LogP contribution < -0.4 is 15.5 Å². The normalized spacial score (nSPS) is 13.3. The number of para-hydroxylation sites is 2. The minimum atomic E-state index is 0. The average molecular weight is 320 g/mol. The van der Waals surface area contributed by atoms with Crippen molar-refractivity contribution < 1.29 is 4.79 Å². The molecule has 1 amide bonds. The van der Waals surface area contributed by atoms with Crippen molar-refractivity contribution in [1.29, 1.82) is 0 Å². The van der Waals surface area contributed by atoms with Crippen LogP contribution in [0.5, 0.6) is 0 Å². The van der Waals surface area contributed by atoms with Crippen molar-refractivity contribution in [3.63, 3.8) is 0 Å². The number of nitrogens with one attached hydrogen (secondary N) is 2. The Kier molecular flexibility index (Phi) is 9.38. The lowest BCUT2D eigenvalue weighted by molar-refractivity contribution is -0.116. The Morgan fingerprint density at radius 1 is 1.20 bits per heavy atom. The van der Waals surface area contributed by atoms with Gasteiger partial charge < -0.3 is 15.5 Å². The number of hydrogen-bond donors (Lipinski definition) is 2. The third kappa shape index (κ3) is 5.19. The van der Waals surface area contributed by atoms with E-state index in [0.717, 1.165) is 24.5 Å². The SMILES string of the molecule is CNCCC(=O)Nc1ccccc1N1CCCC1.Cl.Cl. The minimum absolute atomic E-state index is 0. The largest absolute Gasteiger partial charge is 0.370 e. The third-order valence-electron chi connectivity index (χ3n) is 3.23. The molecule has 1 fully saturated rings. The summed E-state index contributed by atoms with van der Waals surface area (Å²) < 4.78 is 0. The number of benzene rings is 1. The van der Waals surface area contributed by atoms with Gasteiger partial charge in [0.2, 0.25) is 5.91 Å². The summed E-state index contributed by atoms with van der Waals surface area (Å²) in [6.45, 7) is 2.88. The van der Waals surface area contributed by atoms with Crippen LogP contribution in [0.3, 0.4) is 0 Å². The summed E-state index contributed by atoms with van der Waals surface area (Å²) in [7, 11) is 1.85. The lowest BCUT2D eigenvalue weighted by Crippen LogP contribution is -2.22. The third-order valence-corrected chi connectivity index (χ3v) is 3.23. The number of rotatable bonds is 5. The molecule has 1 aromatic carbocycles. The van der Waals surface area contributed by atoms with Crippen molar-refractivity contribution in [2.24, 2.45) is 0 Å². The highest BCUT2D eigenvalue weighted by molar-refractivity contribution is 5.94. The van der Waals surface area contributed by atoms with Gasteiger partial charge in [-0.2, -0.15) is 0 Å². The lowest BCUT2D eigenvalue weighted by Gasteiger charge is -2.21. The van der Waals surface area contributed by atoms with E-state index in [4.69, 9.17) is 0 Å². The fourth-order valence-corrected chi connectivity index (χ4v) is 2.26. The van der Waals surface area contributed by atoms with Crippen molar-refractivity contribution in [2.75, 3.05) is 36.9 Å². The topological polar surface area (TPSA) is 44.4 Å². The van der Waals surface area contributed by atoms with E-state index in [2.05, 4.69) is 21.6 Å². The van der Waals surface area contributed by atoms with E-state index in [1.54, 1.807) is 0 Å². The minimum Gasteiger partial charge on any atom is -0.370 e. The van der Waals surface area contributed by atoms with E-state index in [9.17, 15) is 4.79 Å². The maximum absolute atomic E-state index is 11.8. The Morgan fingerprint density at radius 2 is 1.85 bits per heavy atom. The van der Waals surface area contributed by atoms with Gasteiger partial charge in [0.15, 0.2) is 0 Å². The smallest absolute Gasteiger partial charge is 0.225 e. The van der Waals surface area contributed by atoms with Crippen LogP contribution >= 0.6 is 24.8 Å². The average Bonchev–Trinajstić information content (AvgIpc) is 2.91. The zero-order valence-corrected chi connectivity index (χ0v) is 13.4. The standard InChI is InChI=1S/C14H21N3O.2ClH/c1-15-9-8-14(18)16-12-6-2-3-7-13(12)17-10-4-5-11-17;;/h2-3,6-7,15H,4-5,8-11H2,1H3,(H,16,18);2*1H. The maximum Gasteiger partial charge on any atom is 0.225 e. The van der Waals surface area contributed by atoms with Gasteiger partial charge in [-0.25, -0.2) is 0 Å². The van der Waals surface area contributed by atoms with Gasteiger partial charge in [0.25, 0.3) is 0 Å². The molecule has 0 unspecified atom stereocenters. The van der Waals surface area contributed by atoms with Crippen molar-refractivity contribution in [2.45, 2.75) is 19.3 Å². The molecule has 114 valence electrons. The summed E-state index contributed by atoms with van der Waals surface area (Å²) in [5.74, 6) is 0.0657. The van der Waals surface area contributed by atoms with E-state index in [1.165, 1.54) is 12.8 Å². The first-order valence-corrected chi connectivity index (χ1v) is 6.59. The molecular weight excluding hydrogens is 297 g/mol. The first kappa shape index (κ1) is 19.0. The number of halogens is 2. The van der Waals surface area contributed by atoms with Crippen LogP contribution in [-0.2, 0) is 4.79 Å².